The number of ether oxygens (including phenoxy) is 1. The Morgan fingerprint density at radius 2 is 2.10 bits per heavy atom. The summed E-state index contributed by atoms with van der Waals surface area (Å²) in [5.74, 6) is 0.489. The number of amides is 1. The summed E-state index contributed by atoms with van der Waals surface area (Å²) in [6, 6.07) is 7.06. The topological polar surface area (TPSA) is 58.6 Å². The Bertz CT molecular complexity index is 452. The molecule has 1 amide bonds. The molecule has 0 unspecified atom stereocenters. The number of nitrogens with one attached hydrogen (secondary N) is 1. The third-order valence-corrected chi connectivity index (χ3v) is 3.81. The summed E-state index contributed by atoms with van der Waals surface area (Å²) in [5, 5.41) is 13.2. The van der Waals surface area contributed by atoms with E-state index < -0.39 is 6.10 Å². The van der Waals surface area contributed by atoms with Crippen LogP contribution in [0.2, 0.25) is 5.02 Å². The Balaban J connectivity index is 1.71. The Hall–Kier alpha value is -1.26. The minimum Gasteiger partial charge on any atom is -0.491 e. The quantitative estimate of drug-likeness (QED) is 0.878. The summed E-state index contributed by atoms with van der Waals surface area (Å²) in [6.45, 7) is 0.276. The maximum atomic E-state index is 11.8. The standard InChI is InChI=1S/C15H20ClNO3/c16-11-5-1-4-8-14(11)20-10-9-15(19)17-12-6-2-3-7-13(12)18/h1,4-5,8,12-13,18H,2-3,6-7,9-10H2,(H,17,19)/t12-,13-/m1/s1. The van der Waals surface area contributed by atoms with Crippen molar-refractivity contribution in [3.63, 3.8) is 0 Å². The van der Waals surface area contributed by atoms with E-state index in [-0.39, 0.29) is 25.0 Å². The van der Waals surface area contributed by atoms with Crippen molar-refractivity contribution in [1.29, 1.82) is 0 Å². The second-order valence-corrected chi connectivity index (χ2v) is 5.46. The second-order valence-electron chi connectivity index (χ2n) is 5.05. The minimum absolute atomic E-state index is 0.0944. The van der Waals surface area contributed by atoms with Gasteiger partial charge in [0.15, 0.2) is 0 Å². The second kappa shape index (κ2) is 7.50. The fourth-order valence-electron chi connectivity index (χ4n) is 2.37. The highest BCUT2D eigenvalue weighted by Crippen LogP contribution is 2.23. The van der Waals surface area contributed by atoms with Crippen LogP contribution in [0.15, 0.2) is 24.3 Å². The number of aliphatic hydroxyl groups excluding tert-OH is 1. The van der Waals surface area contributed by atoms with Crippen LogP contribution in [0.4, 0.5) is 0 Å². The molecule has 0 spiro atoms. The molecule has 0 saturated heterocycles. The van der Waals surface area contributed by atoms with E-state index in [1.54, 1.807) is 12.1 Å². The summed E-state index contributed by atoms with van der Waals surface area (Å²) in [5.41, 5.74) is 0. The van der Waals surface area contributed by atoms with Crippen LogP contribution in [0.3, 0.4) is 0 Å². The van der Waals surface area contributed by atoms with Gasteiger partial charge in [0, 0.05) is 0 Å². The van der Waals surface area contributed by atoms with Gasteiger partial charge in [-0.25, -0.2) is 0 Å². The van der Waals surface area contributed by atoms with Gasteiger partial charge < -0.3 is 15.2 Å². The number of rotatable bonds is 5. The third kappa shape index (κ3) is 4.39. The molecule has 0 radical (unpaired) electrons. The fraction of sp³-hybridized carbons (Fsp3) is 0.533. The lowest BCUT2D eigenvalue weighted by Gasteiger charge is -2.28. The highest BCUT2D eigenvalue weighted by atomic mass is 35.5. The number of carbonyl (C=O) groups excluding carboxylic acids is 1. The lowest BCUT2D eigenvalue weighted by atomic mass is 9.92. The maximum absolute atomic E-state index is 11.8. The van der Waals surface area contributed by atoms with E-state index in [2.05, 4.69) is 5.32 Å². The molecule has 0 bridgehead atoms. The van der Waals surface area contributed by atoms with Gasteiger partial charge in [0.05, 0.1) is 30.2 Å². The van der Waals surface area contributed by atoms with Gasteiger partial charge in [-0.2, -0.15) is 0 Å². The van der Waals surface area contributed by atoms with Gasteiger partial charge in [-0.15, -0.1) is 0 Å². The van der Waals surface area contributed by atoms with E-state index in [1.807, 2.05) is 12.1 Å². The SMILES string of the molecule is O=C(CCOc1ccccc1Cl)N[C@@H]1CCCC[C@H]1O. The van der Waals surface area contributed by atoms with Crippen LogP contribution in [0.25, 0.3) is 0 Å². The number of hydrogen-bond donors (Lipinski definition) is 2. The summed E-state index contributed by atoms with van der Waals surface area (Å²) in [6.07, 6.45) is 3.53. The van der Waals surface area contributed by atoms with Crippen LogP contribution < -0.4 is 10.1 Å². The predicted octanol–water partition coefficient (Wildman–Crippen LogP) is 2.53. The van der Waals surface area contributed by atoms with Crippen molar-refractivity contribution in [2.24, 2.45) is 0 Å². The zero-order valence-corrected chi connectivity index (χ0v) is 12.1. The fourth-order valence-corrected chi connectivity index (χ4v) is 2.56. The number of para-hydroxylation sites is 1. The van der Waals surface area contributed by atoms with Crippen molar-refractivity contribution >= 4 is 17.5 Å². The molecule has 1 aliphatic carbocycles. The zero-order valence-electron chi connectivity index (χ0n) is 11.3. The van der Waals surface area contributed by atoms with E-state index in [4.69, 9.17) is 16.3 Å². The number of benzene rings is 1. The largest absolute Gasteiger partial charge is 0.491 e. The van der Waals surface area contributed by atoms with E-state index in [0.717, 1.165) is 25.7 Å². The van der Waals surface area contributed by atoms with Crippen molar-refractivity contribution in [3.05, 3.63) is 29.3 Å². The van der Waals surface area contributed by atoms with Crippen LogP contribution in [-0.2, 0) is 4.79 Å². The molecule has 1 aromatic rings. The lowest BCUT2D eigenvalue weighted by molar-refractivity contribution is -0.123. The molecule has 0 aliphatic heterocycles. The number of hydrogen-bond acceptors (Lipinski definition) is 3. The molecular formula is C15H20ClNO3. The first-order valence-electron chi connectivity index (χ1n) is 7.01. The average Bonchev–Trinajstić information content (AvgIpc) is 2.43. The highest BCUT2D eigenvalue weighted by Gasteiger charge is 2.24. The minimum atomic E-state index is -0.419. The molecule has 110 valence electrons. The Morgan fingerprint density at radius 3 is 2.85 bits per heavy atom. The summed E-state index contributed by atoms with van der Waals surface area (Å²) in [4.78, 5) is 11.8. The van der Waals surface area contributed by atoms with Gasteiger partial charge in [-0.05, 0) is 25.0 Å². The Kier molecular flexibility index (Phi) is 5.68. The molecule has 0 heterocycles. The molecule has 1 aromatic carbocycles. The van der Waals surface area contributed by atoms with E-state index in [0.29, 0.717) is 10.8 Å². The Morgan fingerprint density at radius 1 is 1.35 bits per heavy atom. The average molecular weight is 298 g/mol. The van der Waals surface area contributed by atoms with Gasteiger partial charge in [0.1, 0.15) is 5.75 Å². The molecule has 5 heteroatoms. The van der Waals surface area contributed by atoms with Gasteiger partial charge in [0.2, 0.25) is 5.91 Å². The zero-order chi connectivity index (χ0) is 14.4. The molecule has 1 saturated carbocycles. The van der Waals surface area contributed by atoms with Gasteiger partial charge >= 0.3 is 0 Å². The first-order valence-corrected chi connectivity index (χ1v) is 7.39. The maximum Gasteiger partial charge on any atom is 0.223 e. The summed E-state index contributed by atoms with van der Waals surface area (Å²) < 4.78 is 5.47. The molecule has 2 N–H and O–H groups in total. The number of halogens is 1. The first kappa shape index (κ1) is 15.1. The molecule has 2 rings (SSSR count). The van der Waals surface area contributed by atoms with Crippen molar-refractivity contribution in [2.75, 3.05) is 6.61 Å². The summed E-state index contributed by atoms with van der Waals surface area (Å²) >= 11 is 5.96. The molecule has 0 aromatic heterocycles. The molecule has 1 fully saturated rings. The highest BCUT2D eigenvalue weighted by molar-refractivity contribution is 6.32. The first-order chi connectivity index (χ1) is 9.66. The molecular weight excluding hydrogens is 278 g/mol. The van der Waals surface area contributed by atoms with Crippen LogP contribution in [-0.4, -0.2) is 29.8 Å². The lowest BCUT2D eigenvalue weighted by Crippen LogP contribution is -2.45. The van der Waals surface area contributed by atoms with Crippen molar-refractivity contribution in [3.8, 4) is 5.75 Å². The monoisotopic (exact) mass is 297 g/mol. The van der Waals surface area contributed by atoms with Crippen LogP contribution >= 0.6 is 11.6 Å². The number of aliphatic hydroxyl groups is 1. The summed E-state index contributed by atoms with van der Waals surface area (Å²) in [7, 11) is 0. The molecule has 20 heavy (non-hydrogen) atoms. The van der Waals surface area contributed by atoms with Crippen LogP contribution in [0, 0.1) is 0 Å². The Labute approximate surface area is 124 Å². The van der Waals surface area contributed by atoms with E-state index in [1.165, 1.54) is 0 Å². The molecule has 1 aliphatic rings. The third-order valence-electron chi connectivity index (χ3n) is 3.50. The van der Waals surface area contributed by atoms with Crippen molar-refractivity contribution < 1.29 is 14.6 Å². The van der Waals surface area contributed by atoms with Crippen LogP contribution in [0.1, 0.15) is 32.1 Å². The van der Waals surface area contributed by atoms with Gasteiger partial charge in [-0.1, -0.05) is 36.6 Å². The van der Waals surface area contributed by atoms with Gasteiger partial charge in [0.25, 0.3) is 0 Å². The van der Waals surface area contributed by atoms with E-state index in [9.17, 15) is 9.90 Å². The molecule has 2 atom stereocenters. The smallest absolute Gasteiger partial charge is 0.223 e. The number of carbonyl (C=O) groups is 1. The van der Waals surface area contributed by atoms with E-state index >= 15 is 0 Å². The van der Waals surface area contributed by atoms with Crippen molar-refractivity contribution in [2.45, 2.75) is 44.2 Å². The van der Waals surface area contributed by atoms with Gasteiger partial charge in [-0.3, -0.25) is 4.79 Å². The predicted molar refractivity (Wildman–Crippen MR) is 78.0 cm³/mol. The van der Waals surface area contributed by atoms with Crippen LogP contribution in [0.5, 0.6) is 5.75 Å². The van der Waals surface area contributed by atoms with Crippen molar-refractivity contribution in [1.82, 2.24) is 5.32 Å². The molecule has 4 nitrogen and oxygen atoms in total. The normalized spacial score (nSPS) is 22.3.